The number of alkyl halides is 3. The molecule has 6 nitrogen and oxygen atoms in total. The first-order chi connectivity index (χ1) is 15.9. The first kappa shape index (κ1) is 20.6. The molecule has 2 heterocycles. The maximum atomic E-state index is 12.8. The molecule has 0 N–H and O–H groups in total. The minimum Gasteiger partial charge on any atom is -0.416 e. The molecular formula is C24H15F3N4O2. The van der Waals surface area contributed by atoms with E-state index in [0.29, 0.717) is 28.5 Å². The van der Waals surface area contributed by atoms with Crippen LogP contribution in [0.25, 0.3) is 45.8 Å². The van der Waals surface area contributed by atoms with Crippen molar-refractivity contribution in [3.63, 3.8) is 0 Å². The summed E-state index contributed by atoms with van der Waals surface area (Å²) < 4.78 is 49.8. The number of aromatic nitrogens is 4. The fraction of sp³-hybridized carbons (Fsp3) is 0.0833. The van der Waals surface area contributed by atoms with Gasteiger partial charge in [-0.3, -0.25) is 0 Å². The molecular weight excluding hydrogens is 433 g/mol. The molecule has 0 saturated carbocycles. The smallest absolute Gasteiger partial charge is 0.416 e. The number of nitrogens with zero attached hydrogens (tertiary/aromatic N) is 4. The molecule has 0 atom stereocenters. The van der Waals surface area contributed by atoms with E-state index >= 15 is 0 Å². The minimum atomic E-state index is -4.41. The molecule has 0 aliphatic rings. The fourth-order valence-corrected chi connectivity index (χ4v) is 3.20. The van der Waals surface area contributed by atoms with E-state index in [2.05, 4.69) is 20.4 Å². The summed E-state index contributed by atoms with van der Waals surface area (Å²) in [4.78, 5) is 0. The van der Waals surface area contributed by atoms with Crippen LogP contribution in [0.1, 0.15) is 11.1 Å². The Kier molecular flexibility index (Phi) is 5.01. The third-order valence-electron chi connectivity index (χ3n) is 4.96. The second kappa shape index (κ2) is 8.01. The Labute approximate surface area is 185 Å². The molecule has 0 aliphatic heterocycles. The average Bonchev–Trinajstić information content (AvgIpc) is 3.50. The number of benzene rings is 3. The Hall–Kier alpha value is -4.27. The van der Waals surface area contributed by atoms with Gasteiger partial charge in [-0.15, -0.1) is 20.4 Å². The van der Waals surface area contributed by atoms with Gasteiger partial charge in [-0.25, -0.2) is 0 Å². The molecule has 164 valence electrons. The Morgan fingerprint density at radius 1 is 0.576 bits per heavy atom. The Morgan fingerprint density at radius 2 is 1.00 bits per heavy atom. The van der Waals surface area contributed by atoms with Crippen molar-refractivity contribution in [3.05, 3.63) is 83.9 Å². The summed E-state index contributed by atoms with van der Waals surface area (Å²) in [7, 11) is 0. The highest BCUT2D eigenvalue weighted by Gasteiger charge is 2.30. The molecule has 0 unspecified atom stereocenters. The normalized spacial score (nSPS) is 11.6. The average molecular weight is 448 g/mol. The molecule has 0 aliphatic carbocycles. The van der Waals surface area contributed by atoms with Crippen LogP contribution in [0.2, 0.25) is 0 Å². The lowest BCUT2D eigenvalue weighted by Gasteiger charge is -2.05. The van der Waals surface area contributed by atoms with Crippen LogP contribution in [0, 0.1) is 6.92 Å². The molecule has 9 heteroatoms. The predicted molar refractivity (Wildman–Crippen MR) is 114 cm³/mol. The zero-order chi connectivity index (χ0) is 23.0. The molecule has 0 bridgehead atoms. The van der Waals surface area contributed by atoms with E-state index in [9.17, 15) is 13.2 Å². The van der Waals surface area contributed by atoms with E-state index < -0.39 is 11.7 Å². The summed E-state index contributed by atoms with van der Waals surface area (Å²) >= 11 is 0. The van der Waals surface area contributed by atoms with E-state index in [-0.39, 0.29) is 11.8 Å². The van der Waals surface area contributed by atoms with E-state index in [1.165, 1.54) is 12.1 Å². The highest BCUT2D eigenvalue weighted by Crippen LogP contribution is 2.32. The van der Waals surface area contributed by atoms with Gasteiger partial charge in [0, 0.05) is 22.3 Å². The van der Waals surface area contributed by atoms with Gasteiger partial charge in [-0.1, -0.05) is 23.8 Å². The van der Waals surface area contributed by atoms with E-state index in [1.807, 2.05) is 37.3 Å². The van der Waals surface area contributed by atoms with E-state index in [1.54, 1.807) is 18.2 Å². The zero-order valence-electron chi connectivity index (χ0n) is 17.2. The van der Waals surface area contributed by atoms with Gasteiger partial charge in [0.1, 0.15) is 0 Å². The molecule has 0 amide bonds. The van der Waals surface area contributed by atoms with Gasteiger partial charge in [0.15, 0.2) is 0 Å². The second-order valence-corrected chi connectivity index (χ2v) is 7.35. The largest absolute Gasteiger partial charge is 0.416 e. The number of hydrogen-bond donors (Lipinski definition) is 0. The van der Waals surface area contributed by atoms with Crippen LogP contribution in [0.3, 0.4) is 0 Å². The van der Waals surface area contributed by atoms with Crippen LogP contribution in [-0.4, -0.2) is 20.4 Å². The quantitative estimate of drug-likeness (QED) is 0.315. The Bertz CT molecular complexity index is 1400. The summed E-state index contributed by atoms with van der Waals surface area (Å²) in [5, 5.41) is 16.2. The van der Waals surface area contributed by atoms with Crippen LogP contribution in [0.4, 0.5) is 13.2 Å². The van der Waals surface area contributed by atoms with E-state index in [0.717, 1.165) is 23.3 Å². The Balaban J connectivity index is 1.40. The monoisotopic (exact) mass is 448 g/mol. The molecule has 0 fully saturated rings. The van der Waals surface area contributed by atoms with Gasteiger partial charge in [-0.2, -0.15) is 13.2 Å². The summed E-state index contributed by atoms with van der Waals surface area (Å²) in [6, 6.07) is 19.4. The van der Waals surface area contributed by atoms with E-state index in [4.69, 9.17) is 8.83 Å². The van der Waals surface area contributed by atoms with Crippen molar-refractivity contribution in [2.24, 2.45) is 0 Å². The maximum absolute atomic E-state index is 12.8. The summed E-state index contributed by atoms with van der Waals surface area (Å²) in [6.45, 7) is 2.00. The minimum absolute atomic E-state index is 0.114. The van der Waals surface area contributed by atoms with Crippen molar-refractivity contribution in [1.29, 1.82) is 0 Å². The third-order valence-corrected chi connectivity index (χ3v) is 4.96. The summed E-state index contributed by atoms with van der Waals surface area (Å²) in [5.41, 5.74) is 2.84. The maximum Gasteiger partial charge on any atom is 0.416 e. The molecule has 0 saturated heterocycles. The number of aryl methyl sites for hydroxylation is 1. The molecule has 0 radical (unpaired) electrons. The molecule has 5 aromatic rings. The van der Waals surface area contributed by atoms with Crippen molar-refractivity contribution in [2.75, 3.05) is 0 Å². The summed E-state index contributed by atoms with van der Waals surface area (Å²) in [6.07, 6.45) is -4.41. The Morgan fingerprint density at radius 3 is 1.45 bits per heavy atom. The topological polar surface area (TPSA) is 77.8 Å². The van der Waals surface area contributed by atoms with Crippen molar-refractivity contribution >= 4 is 0 Å². The fourth-order valence-electron chi connectivity index (χ4n) is 3.20. The van der Waals surface area contributed by atoms with Gasteiger partial charge >= 0.3 is 6.18 Å². The second-order valence-electron chi connectivity index (χ2n) is 7.35. The molecule has 3 aromatic carbocycles. The zero-order valence-corrected chi connectivity index (χ0v) is 17.2. The van der Waals surface area contributed by atoms with Gasteiger partial charge < -0.3 is 8.83 Å². The lowest BCUT2D eigenvalue weighted by atomic mass is 10.1. The van der Waals surface area contributed by atoms with Crippen LogP contribution >= 0.6 is 0 Å². The van der Waals surface area contributed by atoms with Crippen molar-refractivity contribution < 1.29 is 22.0 Å². The lowest BCUT2D eigenvalue weighted by Crippen LogP contribution is -2.03. The number of hydrogen-bond acceptors (Lipinski definition) is 6. The first-order valence-electron chi connectivity index (χ1n) is 9.89. The predicted octanol–water partition coefficient (Wildman–Crippen LogP) is 6.45. The number of rotatable bonds is 4. The van der Waals surface area contributed by atoms with Gasteiger partial charge in [0.25, 0.3) is 0 Å². The first-order valence-corrected chi connectivity index (χ1v) is 9.89. The SMILES string of the molecule is Cc1ccc(-c2nnc(-c3cccc(-c4nnc(-c5ccc(C(F)(F)F)cc5)o4)c3)o2)cc1. The molecule has 0 spiro atoms. The standard InChI is InChI=1S/C24H15F3N4O2/c1-14-5-7-15(8-6-14)20-28-30-22(32-20)17-3-2-4-18(13-17)23-31-29-21(33-23)16-9-11-19(12-10-16)24(25,26)27/h2-13H,1H3. The summed E-state index contributed by atoms with van der Waals surface area (Å²) in [5.74, 6) is 1.06. The van der Waals surface area contributed by atoms with Crippen LogP contribution in [0.15, 0.2) is 81.6 Å². The third kappa shape index (κ3) is 4.25. The van der Waals surface area contributed by atoms with Gasteiger partial charge in [0.2, 0.25) is 23.6 Å². The highest BCUT2D eigenvalue weighted by atomic mass is 19.4. The van der Waals surface area contributed by atoms with Crippen LogP contribution < -0.4 is 0 Å². The van der Waals surface area contributed by atoms with Crippen LogP contribution in [-0.2, 0) is 6.18 Å². The lowest BCUT2D eigenvalue weighted by molar-refractivity contribution is -0.137. The van der Waals surface area contributed by atoms with Crippen molar-refractivity contribution in [1.82, 2.24) is 20.4 Å². The van der Waals surface area contributed by atoms with Gasteiger partial charge in [0.05, 0.1) is 5.56 Å². The van der Waals surface area contributed by atoms with Crippen molar-refractivity contribution in [3.8, 4) is 45.8 Å². The molecule has 5 rings (SSSR count). The molecule has 2 aromatic heterocycles. The van der Waals surface area contributed by atoms with Gasteiger partial charge in [-0.05, 0) is 61.5 Å². The van der Waals surface area contributed by atoms with Crippen molar-refractivity contribution in [2.45, 2.75) is 13.1 Å². The van der Waals surface area contributed by atoms with Crippen LogP contribution in [0.5, 0.6) is 0 Å². The molecule has 33 heavy (non-hydrogen) atoms. The highest BCUT2D eigenvalue weighted by molar-refractivity contribution is 5.66. The number of halogens is 3.